The maximum absolute atomic E-state index is 12.9. The van der Waals surface area contributed by atoms with Crippen LogP contribution in [0.2, 0.25) is 0 Å². The number of amides is 2. The fraction of sp³-hybridized carbons (Fsp3) is 0.600. The van der Waals surface area contributed by atoms with Crippen LogP contribution in [0.1, 0.15) is 41.6 Å². The maximum atomic E-state index is 12.9. The number of carbonyl (C=O) groups excluding carboxylic acids is 2. The van der Waals surface area contributed by atoms with Crippen molar-refractivity contribution in [1.82, 2.24) is 9.80 Å². The minimum absolute atomic E-state index is 0.0336. The normalized spacial score (nSPS) is 18.1. The van der Waals surface area contributed by atoms with Crippen molar-refractivity contribution in [3.63, 3.8) is 0 Å². The molecule has 142 valence electrons. The van der Waals surface area contributed by atoms with Gasteiger partial charge in [0.1, 0.15) is 11.5 Å². The largest absolute Gasteiger partial charge is 0.496 e. The third-order valence-corrected chi connectivity index (χ3v) is 5.55. The molecule has 0 aliphatic carbocycles. The molecule has 26 heavy (non-hydrogen) atoms. The Bertz CT molecular complexity index is 649. The first-order valence-electron chi connectivity index (χ1n) is 9.35. The highest BCUT2D eigenvalue weighted by Crippen LogP contribution is 2.31. The first-order valence-corrected chi connectivity index (χ1v) is 9.35. The van der Waals surface area contributed by atoms with Gasteiger partial charge >= 0.3 is 0 Å². The lowest BCUT2D eigenvalue weighted by atomic mass is 9.94. The van der Waals surface area contributed by atoms with E-state index in [2.05, 4.69) is 0 Å². The second kappa shape index (κ2) is 7.98. The van der Waals surface area contributed by atoms with Crippen LogP contribution >= 0.6 is 0 Å². The highest BCUT2D eigenvalue weighted by Gasteiger charge is 2.31. The minimum atomic E-state index is -0.0336. The van der Waals surface area contributed by atoms with E-state index in [0.717, 1.165) is 44.3 Å². The smallest absolute Gasteiger partial charge is 0.254 e. The molecule has 0 radical (unpaired) electrons. The summed E-state index contributed by atoms with van der Waals surface area (Å²) in [5.41, 5.74) is 1.44. The van der Waals surface area contributed by atoms with Crippen molar-refractivity contribution in [2.75, 3.05) is 40.4 Å². The van der Waals surface area contributed by atoms with Crippen molar-refractivity contribution in [3.05, 3.63) is 23.3 Å². The third kappa shape index (κ3) is 3.64. The molecule has 6 heteroatoms. The van der Waals surface area contributed by atoms with Gasteiger partial charge in [-0.25, -0.2) is 0 Å². The van der Waals surface area contributed by atoms with E-state index < -0.39 is 0 Å². The molecule has 1 aromatic rings. The van der Waals surface area contributed by atoms with Crippen LogP contribution in [0.4, 0.5) is 0 Å². The Kier molecular flexibility index (Phi) is 5.69. The number of benzene rings is 1. The summed E-state index contributed by atoms with van der Waals surface area (Å²) in [6, 6.07) is 3.53. The predicted molar refractivity (Wildman–Crippen MR) is 98.7 cm³/mol. The van der Waals surface area contributed by atoms with Gasteiger partial charge in [0.05, 0.1) is 14.2 Å². The molecule has 0 saturated carbocycles. The number of ether oxygens (including phenoxy) is 2. The Labute approximate surface area is 155 Å². The molecule has 2 amide bonds. The van der Waals surface area contributed by atoms with Crippen LogP contribution in [0.5, 0.6) is 11.5 Å². The molecule has 6 nitrogen and oxygen atoms in total. The molecule has 2 aliphatic rings. The third-order valence-electron chi connectivity index (χ3n) is 5.55. The maximum Gasteiger partial charge on any atom is 0.254 e. The fourth-order valence-corrected chi connectivity index (χ4v) is 3.92. The van der Waals surface area contributed by atoms with Gasteiger partial charge in [-0.05, 0) is 44.7 Å². The van der Waals surface area contributed by atoms with Crippen molar-refractivity contribution in [1.29, 1.82) is 0 Å². The molecule has 2 aliphatic heterocycles. The monoisotopic (exact) mass is 360 g/mol. The first-order chi connectivity index (χ1) is 12.5. The van der Waals surface area contributed by atoms with E-state index in [-0.39, 0.29) is 17.7 Å². The molecule has 2 saturated heterocycles. The molecule has 2 heterocycles. The highest BCUT2D eigenvalue weighted by molar-refractivity contribution is 5.95. The zero-order chi connectivity index (χ0) is 18.7. The van der Waals surface area contributed by atoms with Gasteiger partial charge in [0, 0.05) is 43.2 Å². The van der Waals surface area contributed by atoms with E-state index in [0.29, 0.717) is 30.2 Å². The molecular formula is C20H28N2O4. The standard InChI is InChI=1S/C20H28N2O4/c1-14-17(25-2)12-16(13-18(14)26-3)20(24)22-10-6-15(7-11-22)19(23)21-8-4-5-9-21/h12-13,15H,4-11H2,1-3H3. The number of hydrogen-bond acceptors (Lipinski definition) is 4. The Balaban J connectivity index is 1.66. The summed E-state index contributed by atoms with van der Waals surface area (Å²) < 4.78 is 10.7. The topological polar surface area (TPSA) is 59.1 Å². The van der Waals surface area contributed by atoms with Crippen LogP contribution in [0, 0.1) is 12.8 Å². The summed E-state index contributed by atoms with van der Waals surface area (Å²) in [6.07, 6.45) is 3.70. The zero-order valence-corrected chi connectivity index (χ0v) is 15.9. The average Bonchev–Trinajstić information content (AvgIpc) is 3.22. The number of nitrogens with zero attached hydrogens (tertiary/aromatic N) is 2. The predicted octanol–water partition coefficient (Wildman–Crippen LogP) is 2.49. The van der Waals surface area contributed by atoms with Gasteiger partial charge in [-0.1, -0.05) is 0 Å². The van der Waals surface area contributed by atoms with E-state index in [1.165, 1.54) is 0 Å². The van der Waals surface area contributed by atoms with Crippen LogP contribution < -0.4 is 9.47 Å². The first kappa shape index (κ1) is 18.5. The number of methoxy groups -OCH3 is 2. The van der Waals surface area contributed by atoms with Crippen LogP contribution in [-0.2, 0) is 4.79 Å². The van der Waals surface area contributed by atoms with Crippen LogP contribution in [0.25, 0.3) is 0 Å². The number of rotatable bonds is 4. The molecule has 2 fully saturated rings. The summed E-state index contributed by atoms with van der Waals surface area (Å²) in [5.74, 6) is 1.58. The second-order valence-corrected chi connectivity index (χ2v) is 7.10. The lowest BCUT2D eigenvalue weighted by molar-refractivity contribution is -0.135. The number of hydrogen-bond donors (Lipinski definition) is 0. The SMILES string of the molecule is COc1cc(C(=O)N2CCC(C(=O)N3CCCC3)CC2)cc(OC)c1C. The van der Waals surface area contributed by atoms with E-state index in [1.54, 1.807) is 26.4 Å². The molecule has 0 bridgehead atoms. The van der Waals surface area contributed by atoms with Crippen molar-refractivity contribution in [2.24, 2.45) is 5.92 Å². The molecule has 0 spiro atoms. The van der Waals surface area contributed by atoms with Gasteiger partial charge in [0.2, 0.25) is 5.91 Å². The van der Waals surface area contributed by atoms with Crippen LogP contribution in [0.3, 0.4) is 0 Å². The highest BCUT2D eigenvalue weighted by atomic mass is 16.5. The van der Waals surface area contributed by atoms with Crippen molar-refractivity contribution < 1.29 is 19.1 Å². The Hall–Kier alpha value is -2.24. The lowest BCUT2D eigenvalue weighted by Gasteiger charge is -2.33. The van der Waals surface area contributed by atoms with E-state index in [4.69, 9.17) is 9.47 Å². The summed E-state index contributed by atoms with van der Waals surface area (Å²) >= 11 is 0. The minimum Gasteiger partial charge on any atom is -0.496 e. The molecule has 0 unspecified atom stereocenters. The molecular weight excluding hydrogens is 332 g/mol. The van der Waals surface area contributed by atoms with Crippen molar-refractivity contribution in [3.8, 4) is 11.5 Å². The molecule has 3 rings (SSSR count). The van der Waals surface area contributed by atoms with Gasteiger partial charge in [0.25, 0.3) is 5.91 Å². The molecule has 0 atom stereocenters. The molecule has 0 N–H and O–H groups in total. The Morgan fingerprint density at radius 1 is 0.923 bits per heavy atom. The summed E-state index contributed by atoms with van der Waals surface area (Å²) in [4.78, 5) is 29.3. The van der Waals surface area contributed by atoms with Crippen molar-refractivity contribution >= 4 is 11.8 Å². The molecule has 1 aromatic carbocycles. The second-order valence-electron chi connectivity index (χ2n) is 7.10. The summed E-state index contributed by atoms with van der Waals surface area (Å²) in [5, 5.41) is 0. The van der Waals surface area contributed by atoms with Crippen molar-refractivity contribution in [2.45, 2.75) is 32.6 Å². The van der Waals surface area contributed by atoms with E-state index in [9.17, 15) is 9.59 Å². The van der Waals surface area contributed by atoms with Gasteiger partial charge in [0.15, 0.2) is 0 Å². The number of piperidine rings is 1. The van der Waals surface area contributed by atoms with E-state index >= 15 is 0 Å². The number of likely N-dealkylation sites (tertiary alicyclic amines) is 2. The van der Waals surface area contributed by atoms with Crippen LogP contribution in [0.15, 0.2) is 12.1 Å². The summed E-state index contributed by atoms with van der Waals surface area (Å²) in [6.45, 7) is 4.91. The van der Waals surface area contributed by atoms with Gasteiger partial charge < -0.3 is 19.3 Å². The lowest BCUT2D eigenvalue weighted by Crippen LogP contribution is -2.43. The number of carbonyl (C=O) groups is 2. The molecule has 0 aromatic heterocycles. The van der Waals surface area contributed by atoms with Gasteiger partial charge in [-0.15, -0.1) is 0 Å². The van der Waals surface area contributed by atoms with Gasteiger partial charge in [-0.2, -0.15) is 0 Å². The Morgan fingerprint density at radius 2 is 1.46 bits per heavy atom. The zero-order valence-electron chi connectivity index (χ0n) is 15.9. The summed E-state index contributed by atoms with van der Waals surface area (Å²) in [7, 11) is 3.18. The average molecular weight is 360 g/mol. The van der Waals surface area contributed by atoms with Crippen LogP contribution in [-0.4, -0.2) is 62.0 Å². The van der Waals surface area contributed by atoms with E-state index in [1.807, 2.05) is 16.7 Å². The quantitative estimate of drug-likeness (QED) is 0.828. The fourth-order valence-electron chi connectivity index (χ4n) is 3.92. The Morgan fingerprint density at radius 3 is 1.96 bits per heavy atom. The van der Waals surface area contributed by atoms with Gasteiger partial charge in [-0.3, -0.25) is 9.59 Å².